The normalized spacial score (nSPS) is 14.6. The van der Waals surface area contributed by atoms with Crippen LogP contribution in [0.1, 0.15) is 27.2 Å². The standard InChI is InChI=1S/C25H20N2O6S/c1-14-6-3-4-9-19(14)26-22(28)13-27-23(29)21(34-25(27)32)12-16-10-11-20(33-16)17-7-5-8-18(15(17)2)24(30)31/h3-12H,13H2,1-2H3,(H,26,28)(H,30,31). The second-order valence-electron chi connectivity index (χ2n) is 7.62. The summed E-state index contributed by atoms with van der Waals surface area (Å²) in [6, 6.07) is 15.4. The van der Waals surface area contributed by atoms with E-state index in [9.17, 15) is 24.3 Å². The molecule has 0 bridgehead atoms. The smallest absolute Gasteiger partial charge is 0.335 e. The van der Waals surface area contributed by atoms with E-state index in [0.29, 0.717) is 28.3 Å². The van der Waals surface area contributed by atoms with Gasteiger partial charge in [0.05, 0.1) is 10.5 Å². The van der Waals surface area contributed by atoms with Crippen LogP contribution in [-0.2, 0) is 9.59 Å². The van der Waals surface area contributed by atoms with Crippen molar-refractivity contribution in [3.63, 3.8) is 0 Å². The molecule has 1 fully saturated rings. The molecule has 1 aliphatic heterocycles. The molecular weight excluding hydrogens is 456 g/mol. The van der Waals surface area contributed by atoms with E-state index >= 15 is 0 Å². The summed E-state index contributed by atoms with van der Waals surface area (Å²) in [7, 11) is 0. The van der Waals surface area contributed by atoms with Crippen molar-refractivity contribution in [3.8, 4) is 11.3 Å². The number of rotatable bonds is 6. The second-order valence-corrected chi connectivity index (χ2v) is 8.61. The minimum atomic E-state index is -1.04. The third-order valence-electron chi connectivity index (χ3n) is 5.32. The van der Waals surface area contributed by atoms with Gasteiger partial charge in [0, 0.05) is 17.3 Å². The summed E-state index contributed by atoms with van der Waals surface area (Å²) in [5.74, 6) is -1.34. The number of amides is 3. The highest BCUT2D eigenvalue weighted by Crippen LogP contribution is 2.34. The summed E-state index contributed by atoms with van der Waals surface area (Å²) >= 11 is 0.723. The highest BCUT2D eigenvalue weighted by atomic mass is 32.2. The molecule has 2 heterocycles. The lowest BCUT2D eigenvalue weighted by molar-refractivity contribution is -0.127. The Kier molecular flexibility index (Phi) is 6.38. The Hall–Kier alpha value is -4.11. The average molecular weight is 477 g/mol. The molecule has 1 saturated heterocycles. The van der Waals surface area contributed by atoms with Crippen molar-refractivity contribution in [2.24, 2.45) is 0 Å². The van der Waals surface area contributed by atoms with E-state index in [4.69, 9.17) is 4.42 Å². The van der Waals surface area contributed by atoms with Crippen molar-refractivity contribution >= 4 is 46.5 Å². The number of nitrogens with one attached hydrogen (secondary N) is 1. The SMILES string of the molecule is Cc1ccccc1NC(=O)CN1C(=O)SC(=Cc2ccc(-c3cccc(C(=O)O)c3C)o2)C1=O. The number of aromatic carboxylic acids is 1. The van der Waals surface area contributed by atoms with Gasteiger partial charge in [0.1, 0.15) is 18.1 Å². The van der Waals surface area contributed by atoms with Crippen LogP contribution in [-0.4, -0.2) is 39.6 Å². The van der Waals surface area contributed by atoms with Gasteiger partial charge in [0.15, 0.2) is 0 Å². The van der Waals surface area contributed by atoms with Gasteiger partial charge in [0.2, 0.25) is 5.91 Å². The highest BCUT2D eigenvalue weighted by Gasteiger charge is 2.36. The van der Waals surface area contributed by atoms with Gasteiger partial charge in [-0.2, -0.15) is 0 Å². The van der Waals surface area contributed by atoms with Gasteiger partial charge in [-0.25, -0.2) is 4.79 Å². The fraction of sp³-hybridized carbons (Fsp3) is 0.120. The number of para-hydroxylation sites is 1. The van der Waals surface area contributed by atoms with Crippen LogP contribution >= 0.6 is 11.8 Å². The lowest BCUT2D eigenvalue weighted by atomic mass is 10.0. The largest absolute Gasteiger partial charge is 0.478 e. The predicted molar refractivity (Wildman–Crippen MR) is 128 cm³/mol. The Balaban J connectivity index is 1.49. The van der Waals surface area contributed by atoms with Crippen LogP contribution in [0.15, 0.2) is 63.9 Å². The molecule has 9 heteroatoms. The van der Waals surface area contributed by atoms with E-state index in [1.54, 1.807) is 43.3 Å². The molecule has 0 spiro atoms. The van der Waals surface area contributed by atoms with Crippen molar-refractivity contribution in [2.75, 3.05) is 11.9 Å². The predicted octanol–water partition coefficient (Wildman–Crippen LogP) is 4.94. The molecule has 2 N–H and O–H groups in total. The number of aryl methyl sites for hydroxylation is 1. The van der Waals surface area contributed by atoms with E-state index in [-0.39, 0.29) is 10.5 Å². The molecule has 3 amide bonds. The topological polar surface area (TPSA) is 117 Å². The molecule has 0 saturated carbocycles. The van der Waals surface area contributed by atoms with Gasteiger partial charge in [-0.05, 0) is 61.0 Å². The maximum Gasteiger partial charge on any atom is 0.335 e. The first-order valence-corrected chi connectivity index (χ1v) is 11.1. The lowest BCUT2D eigenvalue weighted by Crippen LogP contribution is -2.36. The summed E-state index contributed by atoms with van der Waals surface area (Å²) < 4.78 is 5.80. The third kappa shape index (κ3) is 4.65. The van der Waals surface area contributed by atoms with E-state index in [0.717, 1.165) is 22.2 Å². The van der Waals surface area contributed by atoms with Gasteiger partial charge < -0.3 is 14.8 Å². The molecule has 0 unspecified atom stereocenters. The zero-order valence-electron chi connectivity index (χ0n) is 18.3. The summed E-state index contributed by atoms with van der Waals surface area (Å²) in [5, 5.41) is 11.5. The number of imide groups is 1. The summed E-state index contributed by atoms with van der Waals surface area (Å²) in [6.45, 7) is 3.13. The number of hydrogen-bond acceptors (Lipinski definition) is 6. The number of hydrogen-bond donors (Lipinski definition) is 2. The minimum Gasteiger partial charge on any atom is -0.478 e. The number of benzene rings is 2. The van der Waals surface area contributed by atoms with Crippen molar-refractivity contribution in [2.45, 2.75) is 13.8 Å². The molecule has 1 aromatic heterocycles. The number of carboxylic acid groups (broad SMARTS) is 1. The van der Waals surface area contributed by atoms with E-state index in [2.05, 4.69) is 5.32 Å². The van der Waals surface area contributed by atoms with E-state index in [1.807, 2.05) is 19.1 Å². The Morgan fingerprint density at radius 2 is 1.82 bits per heavy atom. The molecule has 0 radical (unpaired) electrons. The van der Waals surface area contributed by atoms with Gasteiger partial charge >= 0.3 is 5.97 Å². The van der Waals surface area contributed by atoms with Crippen molar-refractivity contribution in [1.29, 1.82) is 0 Å². The number of furan rings is 1. The van der Waals surface area contributed by atoms with Crippen LogP contribution < -0.4 is 5.32 Å². The van der Waals surface area contributed by atoms with Gasteiger partial charge in [-0.1, -0.05) is 30.3 Å². The maximum absolute atomic E-state index is 12.8. The zero-order valence-corrected chi connectivity index (χ0v) is 19.1. The number of carboxylic acids is 1. The average Bonchev–Trinajstić information content (AvgIpc) is 3.35. The quantitative estimate of drug-likeness (QED) is 0.484. The molecule has 3 aromatic rings. The second kappa shape index (κ2) is 9.40. The van der Waals surface area contributed by atoms with Crippen molar-refractivity contribution < 1.29 is 28.7 Å². The first-order valence-electron chi connectivity index (χ1n) is 10.3. The van der Waals surface area contributed by atoms with Crippen molar-refractivity contribution in [1.82, 2.24) is 4.90 Å². The third-order valence-corrected chi connectivity index (χ3v) is 6.23. The molecule has 0 atom stereocenters. The Labute approximate surface area is 199 Å². The number of anilines is 1. The van der Waals surface area contributed by atoms with E-state index < -0.39 is 29.6 Å². The van der Waals surface area contributed by atoms with Crippen LogP contribution in [0.5, 0.6) is 0 Å². The summed E-state index contributed by atoms with van der Waals surface area (Å²) in [6.07, 6.45) is 1.43. The Morgan fingerprint density at radius 3 is 2.56 bits per heavy atom. The summed E-state index contributed by atoms with van der Waals surface area (Å²) in [5.41, 5.74) is 2.81. The zero-order chi connectivity index (χ0) is 24.4. The van der Waals surface area contributed by atoms with Gasteiger partial charge in [-0.3, -0.25) is 19.3 Å². The first kappa shape index (κ1) is 23.1. The van der Waals surface area contributed by atoms with Gasteiger partial charge in [-0.15, -0.1) is 0 Å². The van der Waals surface area contributed by atoms with Crippen LogP contribution in [0.3, 0.4) is 0 Å². The number of carbonyl (C=O) groups excluding carboxylic acids is 3. The van der Waals surface area contributed by atoms with Crippen molar-refractivity contribution in [3.05, 3.63) is 82.0 Å². The molecule has 0 aliphatic carbocycles. The molecule has 1 aliphatic rings. The fourth-order valence-electron chi connectivity index (χ4n) is 3.52. The van der Waals surface area contributed by atoms with Gasteiger partial charge in [0.25, 0.3) is 11.1 Å². The monoisotopic (exact) mass is 476 g/mol. The molecule has 8 nitrogen and oxygen atoms in total. The molecule has 172 valence electrons. The number of nitrogens with zero attached hydrogens (tertiary/aromatic N) is 1. The molecular formula is C25H20N2O6S. The maximum atomic E-state index is 12.8. The van der Waals surface area contributed by atoms with Crippen LogP contribution in [0.2, 0.25) is 0 Å². The molecule has 4 rings (SSSR count). The Morgan fingerprint density at radius 1 is 1.06 bits per heavy atom. The molecule has 2 aromatic carbocycles. The minimum absolute atomic E-state index is 0.130. The van der Waals surface area contributed by atoms with E-state index in [1.165, 1.54) is 12.1 Å². The number of carbonyl (C=O) groups is 4. The van der Waals surface area contributed by atoms with Crippen LogP contribution in [0.25, 0.3) is 17.4 Å². The highest BCUT2D eigenvalue weighted by molar-refractivity contribution is 8.18. The Bertz CT molecular complexity index is 1360. The van der Waals surface area contributed by atoms with Crippen LogP contribution in [0, 0.1) is 13.8 Å². The molecule has 34 heavy (non-hydrogen) atoms. The first-order chi connectivity index (χ1) is 16.2. The summed E-state index contributed by atoms with van der Waals surface area (Å²) in [4.78, 5) is 49.9. The fourth-order valence-corrected chi connectivity index (χ4v) is 4.34. The van der Waals surface area contributed by atoms with Crippen LogP contribution in [0.4, 0.5) is 10.5 Å². The lowest BCUT2D eigenvalue weighted by Gasteiger charge is -2.13. The number of thioether (sulfide) groups is 1.